The molecule has 9 heteroatoms. The molecule has 34 heavy (non-hydrogen) atoms. The largest absolute Gasteiger partial charge is 0.491 e. The topological polar surface area (TPSA) is 88.1 Å². The molecule has 0 unspecified atom stereocenters. The molecule has 0 aliphatic rings. The lowest BCUT2D eigenvalue weighted by Crippen LogP contribution is -2.39. The summed E-state index contributed by atoms with van der Waals surface area (Å²) in [4.78, 5) is 12.7. The highest BCUT2D eigenvalue weighted by Gasteiger charge is 2.27. The second-order valence-corrected chi connectivity index (χ2v) is 10.1. The summed E-state index contributed by atoms with van der Waals surface area (Å²) in [6.07, 6.45) is 1.54. The fraction of sp³-hybridized carbons (Fsp3) is 0.200. The van der Waals surface area contributed by atoms with Crippen molar-refractivity contribution < 1.29 is 17.9 Å². The fourth-order valence-corrected chi connectivity index (χ4v) is 4.56. The van der Waals surface area contributed by atoms with Crippen molar-refractivity contribution in [2.24, 2.45) is 5.10 Å². The van der Waals surface area contributed by atoms with E-state index in [4.69, 9.17) is 16.3 Å². The second-order valence-electron chi connectivity index (χ2n) is 7.83. The van der Waals surface area contributed by atoms with E-state index < -0.39 is 22.5 Å². The average molecular weight is 500 g/mol. The fourth-order valence-electron chi connectivity index (χ4n) is 3.01. The maximum absolute atomic E-state index is 13.3. The lowest BCUT2D eigenvalue weighted by molar-refractivity contribution is -0.119. The molecule has 1 amide bonds. The molecule has 178 valence electrons. The Kier molecular flexibility index (Phi) is 8.31. The molecule has 0 aliphatic carbocycles. The smallest absolute Gasteiger partial charge is 0.264 e. The molecule has 3 aromatic rings. The van der Waals surface area contributed by atoms with Crippen LogP contribution in [0.25, 0.3) is 0 Å². The Hall–Kier alpha value is -3.36. The number of hydrogen-bond donors (Lipinski definition) is 1. The van der Waals surface area contributed by atoms with Crippen LogP contribution in [0.2, 0.25) is 5.02 Å². The third-order valence-electron chi connectivity index (χ3n) is 4.67. The number of hydrazone groups is 1. The highest BCUT2D eigenvalue weighted by Crippen LogP contribution is 2.25. The number of nitrogens with one attached hydrogen (secondary N) is 1. The summed E-state index contributed by atoms with van der Waals surface area (Å²) >= 11 is 5.96. The van der Waals surface area contributed by atoms with Gasteiger partial charge in [-0.05, 0) is 87.0 Å². The van der Waals surface area contributed by atoms with Crippen LogP contribution in [-0.4, -0.2) is 33.2 Å². The van der Waals surface area contributed by atoms with Crippen molar-refractivity contribution in [2.75, 3.05) is 10.8 Å². The molecule has 0 saturated carbocycles. The minimum atomic E-state index is -4.01. The quantitative estimate of drug-likeness (QED) is 0.339. The highest BCUT2D eigenvalue weighted by atomic mass is 35.5. The van der Waals surface area contributed by atoms with Crippen LogP contribution in [0.1, 0.15) is 25.0 Å². The van der Waals surface area contributed by atoms with Gasteiger partial charge in [0.25, 0.3) is 15.9 Å². The van der Waals surface area contributed by atoms with Gasteiger partial charge in [-0.25, -0.2) is 13.8 Å². The molecule has 0 aromatic heterocycles. The predicted octanol–water partition coefficient (Wildman–Crippen LogP) is 4.78. The molecule has 0 atom stereocenters. The van der Waals surface area contributed by atoms with Gasteiger partial charge in [-0.3, -0.25) is 9.10 Å². The maximum Gasteiger partial charge on any atom is 0.264 e. The third kappa shape index (κ3) is 6.82. The normalized spacial score (nSPS) is 11.6. The molecule has 0 heterocycles. The van der Waals surface area contributed by atoms with E-state index in [1.807, 2.05) is 20.8 Å². The Labute approximate surface area is 205 Å². The van der Waals surface area contributed by atoms with Crippen LogP contribution in [0.15, 0.2) is 82.8 Å². The van der Waals surface area contributed by atoms with Crippen molar-refractivity contribution in [3.63, 3.8) is 0 Å². The molecule has 7 nitrogen and oxygen atoms in total. The summed E-state index contributed by atoms with van der Waals surface area (Å²) in [5.41, 5.74) is 4.37. The van der Waals surface area contributed by atoms with Crippen molar-refractivity contribution in [3.05, 3.63) is 88.9 Å². The van der Waals surface area contributed by atoms with Crippen LogP contribution in [0.3, 0.4) is 0 Å². The predicted molar refractivity (Wildman–Crippen MR) is 135 cm³/mol. The number of nitrogens with zero attached hydrogens (tertiary/aromatic N) is 2. The van der Waals surface area contributed by atoms with Crippen LogP contribution in [0.4, 0.5) is 5.69 Å². The van der Waals surface area contributed by atoms with E-state index in [-0.39, 0.29) is 11.0 Å². The highest BCUT2D eigenvalue weighted by molar-refractivity contribution is 7.92. The molecule has 0 saturated heterocycles. The van der Waals surface area contributed by atoms with Gasteiger partial charge in [0.05, 0.1) is 22.9 Å². The van der Waals surface area contributed by atoms with Crippen LogP contribution in [-0.2, 0) is 14.8 Å². The van der Waals surface area contributed by atoms with Crippen molar-refractivity contribution in [1.82, 2.24) is 5.43 Å². The first-order chi connectivity index (χ1) is 16.1. The molecule has 0 radical (unpaired) electrons. The summed E-state index contributed by atoms with van der Waals surface area (Å²) < 4.78 is 33.3. The number of hydrogen-bond acceptors (Lipinski definition) is 5. The van der Waals surface area contributed by atoms with Crippen molar-refractivity contribution in [1.29, 1.82) is 0 Å². The molecule has 0 spiro atoms. The average Bonchev–Trinajstić information content (AvgIpc) is 2.79. The third-order valence-corrected chi connectivity index (χ3v) is 6.71. The van der Waals surface area contributed by atoms with E-state index in [9.17, 15) is 13.2 Å². The summed E-state index contributed by atoms with van der Waals surface area (Å²) in [7, 11) is -4.01. The molecular weight excluding hydrogens is 474 g/mol. The molecule has 0 bridgehead atoms. The van der Waals surface area contributed by atoms with Gasteiger partial charge in [-0.1, -0.05) is 29.3 Å². The Morgan fingerprint density at radius 2 is 1.65 bits per heavy atom. The summed E-state index contributed by atoms with van der Waals surface area (Å²) in [5.74, 6) is 0.137. The van der Waals surface area contributed by atoms with E-state index in [1.54, 1.807) is 60.7 Å². The van der Waals surface area contributed by atoms with Gasteiger partial charge in [0.1, 0.15) is 12.3 Å². The van der Waals surface area contributed by atoms with E-state index >= 15 is 0 Å². The number of carbonyl (C=O) groups is 1. The van der Waals surface area contributed by atoms with Gasteiger partial charge in [0, 0.05) is 5.02 Å². The Bertz CT molecular complexity index is 1240. The van der Waals surface area contributed by atoms with Gasteiger partial charge in [-0.2, -0.15) is 5.10 Å². The molecule has 0 fully saturated rings. The van der Waals surface area contributed by atoms with E-state index in [0.717, 1.165) is 21.2 Å². The number of anilines is 1. The number of sulfonamides is 1. The van der Waals surface area contributed by atoms with Gasteiger partial charge in [0.2, 0.25) is 0 Å². The first-order valence-electron chi connectivity index (χ1n) is 10.6. The van der Waals surface area contributed by atoms with Gasteiger partial charge < -0.3 is 4.74 Å². The Balaban J connectivity index is 1.75. The second kappa shape index (κ2) is 11.2. The minimum Gasteiger partial charge on any atom is -0.491 e. The lowest BCUT2D eigenvalue weighted by atomic mass is 10.2. The first-order valence-corrected chi connectivity index (χ1v) is 12.4. The number of amides is 1. The van der Waals surface area contributed by atoms with Crippen molar-refractivity contribution in [3.8, 4) is 5.75 Å². The molecule has 0 aliphatic heterocycles. The number of ether oxygens (including phenoxy) is 1. The zero-order valence-corrected chi connectivity index (χ0v) is 20.7. The molecule has 3 rings (SSSR count). The van der Waals surface area contributed by atoms with Gasteiger partial charge in [-0.15, -0.1) is 0 Å². The SMILES string of the molecule is Cc1ccc(S(=O)(=O)N(CC(=O)N/N=C\c2ccc(OC(C)C)cc2)c2ccc(Cl)cc2)cc1. The molecular formula is C25H26ClN3O4S. The van der Waals surface area contributed by atoms with Crippen molar-refractivity contribution >= 4 is 39.4 Å². The van der Waals surface area contributed by atoms with E-state index in [2.05, 4.69) is 10.5 Å². The van der Waals surface area contributed by atoms with Gasteiger partial charge >= 0.3 is 0 Å². The first kappa shape index (κ1) is 25.3. The maximum atomic E-state index is 13.3. The zero-order chi connectivity index (χ0) is 24.7. The van der Waals surface area contributed by atoms with Gasteiger partial charge in [0.15, 0.2) is 0 Å². The number of rotatable bonds is 9. The minimum absolute atomic E-state index is 0.0681. The summed E-state index contributed by atoms with van der Waals surface area (Å²) in [5, 5.41) is 4.41. The number of carbonyl (C=O) groups excluding carboxylic acids is 1. The van der Waals surface area contributed by atoms with E-state index in [0.29, 0.717) is 10.7 Å². The number of halogens is 1. The van der Waals surface area contributed by atoms with Crippen molar-refractivity contribution in [2.45, 2.75) is 31.8 Å². The molecule has 1 N–H and O–H groups in total. The van der Waals surface area contributed by atoms with Crippen LogP contribution in [0, 0.1) is 6.92 Å². The summed E-state index contributed by atoms with van der Waals surface area (Å²) in [6, 6.07) is 19.9. The van der Waals surface area contributed by atoms with E-state index in [1.165, 1.54) is 18.3 Å². The Morgan fingerprint density at radius 1 is 1.03 bits per heavy atom. The molecule has 3 aromatic carbocycles. The number of aryl methyl sites for hydroxylation is 1. The van der Waals surface area contributed by atoms with Crippen LogP contribution in [0.5, 0.6) is 5.75 Å². The summed E-state index contributed by atoms with van der Waals surface area (Å²) in [6.45, 7) is 5.29. The lowest BCUT2D eigenvalue weighted by Gasteiger charge is -2.23. The zero-order valence-electron chi connectivity index (χ0n) is 19.1. The standard InChI is InChI=1S/C25H26ClN3O4S/c1-18(2)33-23-12-6-20(7-13-23)16-27-28-25(30)17-29(22-10-8-21(26)9-11-22)34(31,32)24-14-4-19(3)5-15-24/h4-16,18H,17H2,1-3H3,(H,28,30)/b27-16-. The van der Waals surface area contributed by atoms with Crippen LogP contribution >= 0.6 is 11.6 Å². The Morgan fingerprint density at radius 3 is 2.24 bits per heavy atom. The van der Waals surface area contributed by atoms with Crippen LogP contribution < -0.4 is 14.5 Å². The number of benzene rings is 3. The monoisotopic (exact) mass is 499 g/mol.